The van der Waals surface area contributed by atoms with Gasteiger partial charge in [-0.15, -0.1) is 11.3 Å². The van der Waals surface area contributed by atoms with E-state index in [-0.39, 0.29) is 23.0 Å². The molecule has 0 saturated carbocycles. The average Bonchev–Trinajstić information content (AvgIpc) is 3.58. The highest BCUT2D eigenvalue weighted by molar-refractivity contribution is 7.89. The third kappa shape index (κ3) is 5.05. The Morgan fingerprint density at radius 3 is 2.75 bits per heavy atom. The number of amides is 1. The van der Waals surface area contributed by atoms with Crippen LogP contribution in [0.4, 0.5) is 4.39 Å². The maximum atomic E-state index is 14.4. The van der Waals surface area contributed by atoms with Crippen LogP contribution >= 0.6 is 22.9 Å². The molecule has 0 radical (unpaired) electrons. The van der Waals surface area contributed by atoms with Gasteiger partial charge in [0.2, 0.25) is 16.0 Å². The second-order valence-electron chi connectivity index (χ2n) is 9.62. The number of hydrogen-bond acceptors (Lipinski definition) is 9. The van der Waals surface area contributed by atoms with Crippen molar-refractivity contribution in [3.05, 3.63) is 91.8 Å². The van der Waals surface area contributed by atoms with E-state index in [1.807, 2.05) is 4.72 Å². The van der Waals surface area contributed by atoms with Crippen LogP contribution in [0.2, 0.25) is 5.02 Å². The van der Waals surface area contributed by atoms with E-state index in [9.17, 15) is 27.7 Å². The molecule has 0 saturated heterocycles. The lowest BCUT2D eigenvalue weighted by Crippen LogP contribution is -2.29. The monoisotopic (exact) mass is 645 g/mol. The summed E-state index contributed by atoms with van der Waals surface area (Å²) in [5.74, 6) is 4.22. The molecule has 6 aromatic rings. The summed E-state index contributed by atoms with van der Waals surface area (Å²) in [5.41, 5.74) is 2.30. The normalized spacial score (nSPS) is 11.4. The lowest BCUT2D eigenvalue weighted by molar-refractivity contribution is 0.0983. The van der Waals surface area contributed by atoms with Crippen molar-refractivity contribution < 1.29 is 17.6 Å². The van der Waals surface area contributed by atoms with Gasteiger partial charge in [0.1, 0.15) is 17.3 Å². The number of hydrogen-bond donors (Lipinski definition) is 1. The summed E-state index contributed by atoms with van der Waals surface area (Å²) in [6.45, 7) is 1.61. The smallest absolute Gasteiger partial charge is 0.267 e. The number of rotatable bonds is 4. The first-order chi connectivity index (χ1) is 21.0. The molecule has 0 aliphatic heterocycles. The predicted molar refractivity (Wildman–Crippen MR) is 163 cm³/mol. The van der Waals surface area contributed by atoms with Crippen LogP contribution in [-0.2, 0) is 16.6 Å². The van der Waals surface area contributed by atoms with Crippen LogP contribution in [0, 0.1) is 36.0 Å². The first kappa shape index (κ1) is 28.9. The zero-order valence-electron chi connectivity index (χ0n) is 22.7. The van der Waals surface area contributed by atoms with Crippen molar-refractivity contribution in [3.63, 3.8) is 0 Å². The number of benzene rings is 1. The Morgan fingerprint density at radius 1 is 1.20 bits per heavy atom. The SMILES string of the molecule is Cc1cc2n(CC#Cc3ccc(Cl)cc3-c3ccnc4c(C(=O)NS(C)(=O)=O)csc34)c(=O)c3c(C#N)c(F)ncc3n2n1. The molecule has 0 aliphatic rings. The molecule has 11 nitrogen and oxygen atoms in total. The maximum absolute atomic E-state index is 14.4. The molecule has 218 valence electrons. The average molecular weight is 646 g/mol. The summed E-state index contributed by atoms with van der Waals surface area (Å²) in [4.78, 5) is 34.1. The molecule has 0 unspecified atom stereocenters. The van der Waals surface area contributed by atoms with Gasteiger partial charge in [0, 0.05) is 39.4 Å². The van der Waals surface area contributed by atoms with Crippen LogP contribution in [0.3, 0.4) is 0 Å². The molecule has 0 atom stereocenters. The number of carbonyl (C=O) groups is 1. The van der Waals surface area contributed by atoms with Gasteiger partial charge in [-0.25, -0.2) is 22.6 Å². The number of carbonyl (C=O) groups excluding carboxylic acids is 1. The first-order valence-electron chi connectivity index (χ1n) is 12.6. The van der Waals surface area contributed by atoms with Gasteiger partial charge in [-0.05, 0) is 31.2 Å². The van der Waals surface area contributed by atoms with E-state index in [0.29, 0.717) is 43.3 Å². The third-order valence-electron chi connectivity index (χ3n) is 6.61. The van der Waals surface area contributed by atoms with Crippen LogP contribution in [0.1, 0.15) is 27.2 Å². The fourth-order valence-electron chi connectivity index (χ4n) is 4.80. The maximum Gasteiger partial charge on any atom is 0.267 e. The predicted octanol–water partition coefficient (Wildman–Crippen LogP) is 4.03. The van der Waals surface area contributed by atoms with Crippen LogP contribution in [-0.4, -0.2) is 44.7 Å². The Bertz CT molecular complexity index is 2490. The molecule has 0 fully saturated rings. The second-order valence-corrected chi connectivity index (χ2v) is 12.7. The lowest BCUT2D eigenvalue weighted by Gasteiger charge is -2.09. The number of fused-ring (bicyclic) bond motifs is 4. The minimum absolute atomic E-state index is 0.103. The van der Waals surface area contributed by atoms with Crippen molar-refractivity contribution in [2.45, 2.75) is 13.5 Å². The first-order valence-corrected chi connectivity index (χ1v) is 15.8. The summed E-state index contributed by atoms with van der Waals surface area (Å²) in [6, 6.07) is 10.2. The molecule has 44 heavy (non-hydrogen) atoms. The minimum atomic E-state index is -3.79. The molecule has 15 heteroatoms. The van der Waals surface area contributed by atoms with Crippen molar-refractivity contribution in [3.8, 4) is 29.0 Å². The highest BCUT2D eigenvalue weighted by Crippen LogP contribution is 2.36. The third-order valence-corrected chi connectivity index (χ3v) is 8.40. The summed E-state index contributed by atoms with van der Waals surface area (Å²) < 4.78 is 42.9. The van der Waals surface area contributed by atoms with Crippen LogP contribution in [0.25, 0.3) is 37.9 Å². The molecule has 1 aromatic carbocycles. The quantitative estimate of drug-likeness (QED) is 0.223. The number of aromatic nitrogens is 5. The zero-order valence-corrected chi connectivity index (χ0v) is 25.1. The van der Waals surface area contributed by atoms with Gasteiger partial charge in [-0.1, -0.05) is 23.4 Å². The number of halogens is 2. The van der Waals surface area contributed by atoms with E-state index in [1.54, 1.807) is 43.3 Å². The van der Waals surface area contributed by atoms with E-state index in [4.69, 9.17) is 11.6 Å². The van der Waals surface area contributed by atoms with Gasteiger partial charge in [0.15, 0.2) is 0 Å². The standard InChI is InChI=1S/C29H17ClFN7O4S2/c1-15-10-23-37(29(40)24-20(12-32)27(31)34-13-22(24)38(23)35-15)9-3-4-16-5-6-17(30)11-19(16)18-7-8-33-25-21(14-43-26(18)25)28(39)36-44(2,41)42/h5-8,10-11,13-14H,9H2,1-2H3,(H,36,39). The van der Waals surface area contributed by atoms with Crippen molar-refractivity contribution >= 4 is 65.6 Å². The van der Waals surface area contributed by atoms with Crippen LogP contribution in [0.5, 0.6) is 0 Å². The van der Waals surface area contributed by atoms with Crippen LogP contribution < -0.4 is 10.3 Å². The molecular weight excluding hydrogens is 629 g/mol. The van der Waals surface area contributed by atoms with Crippen molar-refractivity contribution in [1.82, 2.24) is 28.9 Å². The summed E-state index contributed by atoms with van der Waals surface area (Å²) >= 11 is 7.56. The molecule has 0 aliphatic carbocycles. The number of pyridine rings is 2. The lowest BCUT2D eigenvalue weighted by atomic mass is 10.00. The van der Waals surface area contributed by atoms with Crippen LogP contribution in [0.15, 0.2) is 52.9 Å². The number of nitrogens with zero attached hydrogens (tertiary/aromatic N) is 6. The number of thiophene rings is 1. The van der Waals surface area contributed by atoms with Gasteiger partial charge in [-0.3, -0.25) is 19.1 Å². The Morgan fingerprint density at radius 2 is 2.00 bits per heavy atom. The Hall–Kier alpha value is -5.15. The fraction of sp³-hybridized carbons (Fsp3) is 0.103. The molecule has 0 bridgehead atoms. The highest BCUT2D eigenvalue weighted by Gasteiger charge is 2.21. The van der Waals surface area contributed by atoms with Crippen molar-refractivity contribution in [2.75, 3.05) is 6.26 Å². The van der Waals surface area contributed by atoms with Gasteiger partial charge < -0.3 is 0 Å². The molecule has 5 aromatic heterocycles. The number of nitriles is 1. The summed E-state index contributed by atoms with van der Waals surface area (Å²) in [7, 11) is -3.79. The summed E-state index contributed by atoms with van der Waals surface area (Å²) in [6.07, 6.45) is 3.55. The highest BCUT2D eigenvalue weighted by atomic mass is 35.5. The molecule has 6 rings (SSSR count). The molecular formula is C29H17ClFN7O4S2. The molecule has 5 heterocycles. The number of aryl methyl sites for hydroxylation is 1. The zero-order chi connectivity index (χ0) is 31.3. The second kappa shape index (κ2) is 10.8. The molecule has 1 N–H and O–H groups in total. The van der Waals surface area contributed by atoms with E-state index in [0.717, 1.165) is 6.26 Å². The van der Waals surface area contributed by atoms with Crippen molar-refractivity contribution in [2.24, 2.45) is 0 Å². The topological polar surface area (TPSA) is 152 Å². The Labute approximate surface area is 257 Å². The number of sulfonamides is 1. The summed E-state index contributed by atoms with van der Waals surface area (Å²) in [5, 5.41) is 15.7. The Balaban J connectivity index is 1.47. The van der Waals surface area contributed by atoms with E-state index >= 15 is 0 Å². The minimum Gasteiger partial charge on any atom is -0.281 e. The fourth-order valence-corrected chi connectivity index (χ4v) is 6.45. The van der Waals surface area contributed by atoms with E-state index < -0.39 is 33.0 Å². The van der Waals surface area contributed by atoms with E-state index in [1.165, 1.54) is 38.2 Å². The van der Waals surface area contributed by atoms with Gasteiger partial charge in [0.25, 0.3) is 11.5 Å². The van der Waals surface area contributed by atoms with Gasteiger partial charge in [0.05, 0.1) is 51.4 Å². The number of nitrogens with one attached hydrogen (secondary N) is 1. The van der Waals surface area contributed by atoms with Gasteiger partial charge in [-0.2, -0.15) is 14.8 Å². The van der Waals surface area contributed by atoms with E-state index in [2.05, 4.69) is 26.9 Å². The largest absolute Gasteiger partial charge is 0.281 e. The molecule has 1 amide bonds. The molecule has 0 spiro atoms. The van der Waals surface area contributed by atoms with Crippen molar-refractivity contribution in [1.29, 1.82) is 5.26 Å². The Kier molecular flexibility index (Phi) is 7.13. The van der Waals surface area contributed by atoms with Gasteiger partial charge >= 0.3 is 0 Å².